The predicted octanol–water partition coefficient (Wildman–Crippen LogP) is 2.83. The summed E-state index contributed by atoms with van der Waals surface area (Å²) in [5.41, 5.74) is 0. The highest BCUT2D eigenvalue weighted by molar-refractivity contribution is 9.10. The second-order valence-corrected chi connectivity index (χ2v) is 4.62. The second-order valence-electron chi connectivity index (χ2n) is 2.31. The Morgan fingerprint density at radius 2 is 2.17 bits per heavy atom. The molecule has 0 aliphatic heterocycles. The Hall–Kier alpha value is -0.350. The van der Waals surface area contributed by atoms with Crippen molar-refractivity contribution in [3.05, 3.63) is 22.7 Å². The molecule has 1 rings (SSSR count). The Bertz CT molecular complexity index is 314. The maximum absolute atomic E-state index is 7.57. The molecule has 1 atom stereocenters. The van der Waals surface area contributed by atoms with Crippen LogP contribution in [0.15, 0.2) is 27.6 Å². The van der Waals surface area contributed by atoms with E-state index < -0.39 is 10.7 Å². The fraction of sp³-hybridized carbons (Fsp3) is 0.250. The summed E-state index contributed by atoms with van der Waals surface area (Å²) < 4.78 is 13.6. The van der Waals surface area contributed by atoms with E-state index in [4.69, 9.17) is 9.52 Å². The third-order valence-corrected chi connectivity index (χ3v) is 3.42. The molecule has 0 heterocycles. The van der Waals surface area contributed by atoms with E-state index >= 15 is 0 Å². The number of hydrogen-bond donors (Lipinski definition) is 1. The van der Waals surface area contributed by atoms with Crippen molar-refractivity contribution >= 4 is 26.6 Å². The average molecular weight is 248 g/mol. The molecule has 1 aromatic rings. The van der Waals surface area contributed by atoms with Crippen LogP contribution in [0.1, 0.15) is 0 Å². The summed E-state index contributed by atoms with van der Waals surface area (Å²) in [4.78, 5) is 0.981. The Kier molecular flexibility index (Phi) is 3.29. The van der Waals surface area contributed by atoms with Crippen molar-refractivity contribution in [3.63, 3.8) is 0 Å². The van der Waals surface area contributed by atoms with Crippen molar-refractivity contribution in [2.75, 3.05) is 13.4 Å². The molecule has 0 bridgehead atoms. The van der Waals surface area contributed by atoms with Crippen molar-refractivity contribution in [2.24, 2.45) is 0 Å². The lowest BCUT2D eigenvalue weighted by atomic mass is 10.3. The van der Waals surface area contributed by atoms with Crippen LogP contribution in [0, 0.1) is 4.78 Å². The van der Waals surface area contributed by atoms with Crippen LogP contribution in [0.3, 0.4) is 0 Å². The van der Waals surface area contributed by atoms with E-state index in [1.54, 1.807) is 7.11 Å². The monoisotopic (exact) mass is 247 g/mol. The van der Waals surface area contributed by atoms with Crippen molar-refractivity contribution in [1.82, 2.24) is 0 Å². The number of nitrogens with one attached hydrogen (secondary N) is 1. The maximum Gasteiger partial charge on any atom is 0.120 e. The molecule has 66 valence electrons. The van der Waals surface area contributed by atoms with Crippen LogP contribution in [-0.2, 0) is 10.7 Å². The van der Waals surface area contributed by atoms with E-state index in [2.05, 4.69) is 15.9 Å². The van der Waals surface area contributed by atoms with Crippen LogP contribution in [0.25, 0.3) is 0 Å². The van der Waals surface area contributed by atoms with Crippen molar-refractivity contribution in [3.8, 4) is 5.75 Å². The van der Waals surface area contributed by atoms with Gasteiger partial charge in [-0.2, -0.15) is 0 Å². The third-order valence-electron chi connectivity index (χ3n) is 1.47. The first-order valence-corrected chi connectivity index (χ1v) is 5.78. The molecule has 2 nitrogen and oxygen atoms in total. The van der Waals surface area contributed by atoms with Gasteiger partial charge in [-0.25, -0.2) is 0 Å². The van der Waals surface area contributed by atoms with E-state index in [9.17, 15) is 0 Å². The van der Waals surface area contributed by atoms with Gasteiger partial charge in [0.2, 0.25) is 0 Å². The first-order chi connectivity index (χ1) is 5.65. The number of hydrogen-bond acceptors (Lipinski definition) is 2. The van der Waals surface area contributed by atoms with Gasteiger partial charge in [-0.15, -0.1) is 0 Å². The Morgan fingerprint density at radius 1 is 1.50 bits per heavy atom. The molecule has 1 aromatic carbocycles. The highest BCUT2D eigenvalue weighted by atomic mass is 79.9. The van der Waals surface area contributed by atoms with Crippen LogP contribution in [0.5, 0.6) is 5.75 Å². The van der Waals surface area contributed by atoms with Gasteiger partial charge < -0.3 is 4.74 Å². The van der Waals surface area contributed by atoms with E-state index in [1.807, 2.05) is 24.5 Å². The van der Waals surface area contributed by atoms with E-state index in [0.717, 1.165) is 15.1 Å². The molecule has 1 unspecified atom stereocenters. The minimum absolute atomic E-state index is 0.479. The molecule has 0 radical (unpaired) electrons. The van der Waals surface area contributed by atoms with Gasteiger partial charge >= 0.3 is 0 Å². The Labute approximate surface area is 83.0 Å². The summed E-state index contributed by atoms with van der Waals surface area (Å²) in [7, 11) is 1.15. The summed E-state index contributed by atoms with van der Waals surface area (Å²) in [5, 5.41) is 0. The SMILES string of the molecule is COc1ccc(Br)c(S(C)=N)c1. The number of rotatable bonds is 2. The van der Waals surface area contributed by atoms with Crippen LogP contribution in [0.2, 0.25) is 0 Å². The van der Waals surface area contributed by atoms with E-state index in [0.29, 0.717) is 0 Å². The zero-order valence-corrected chi connectivity index (χ0v) is 9.33. The highest BCUT2D eigenvalue weighted by Gasteiger charge is 2.02. The Morgan fingerprint density at radius 3 is 2.67 bits per heavy atom. The number of ether oxygens (including phenoxy) is 1. The molecule has 0 saturated heterocycles. The lowest BCUT2D eigenvalue weighted by molar-refractivity contribution is 0.413. The molecule has 0 spiro atoms. The van der Waals surface area contributed by atoms with Gasteiger partial charge in [0.1, 0.15) is 5.75 Å². The van der Waals surface area contributed by atoms with E-state index in [1.165, 1.54) is 0 Å². The topological polar surface area (TPSA) is 33.1 Å². The average Bonchev–Trinajstić information content (AvgIpc) is 2.05. The lowest BCUT2D eigenvalue weighted by Crippen LogP contribution is -1.89. The van der Waals surface area contributed by atoms with Gasteiger partial charge in [0.05, 0.1) is 7.11 Å². The van der Waals surface area contributed by atoms with Crippen LogP contribution in [-0.4, -0.2) is 13.4 Å². The minimum Gasteiger partial charge on any atom is -0.497 e. The molecule has 0 fully saturated rings. The molecular formula is C8H10BrNOS. The minimum atomic E-state index is -0.479. The van der Waals surface area contributed by atoms with Crippen molar-refractivity contribution in [1.29, 1.82) is 4.78 Å². The maximum atomic E-state index is 7.57. The molecule has 0 aliphatic carbocycles. The molecule has 12 heavy (non-hydrogen) atoms. The molecule has 0 aromatic heterocycles. The zero-order valence-electron chi connectivity index (χ0n) is 6.93. The fourth-order valence-corrected chi connectivity index (χ4v) is 2.47. The number of methoxy groups -OCH3 is 1. The lowest BCUT2D eigenvalue weighted by Gasteiger charge is -2.05. The summed E-state index contributed by atoms with van der Waals surface area (Å²) in [6, 6.07) is 5.67. The smallest absolute Gasteiger partial charge is 0.120 e. The largest absolute Gasteiger partial charge is 0.497 e. The van der Waals surface area contributed by atoms with E-state index in [-0.39, 0.29) is 0 Å². The predicted molar refractivity (Wildman–Crippen MR) is 55.0 cm³/mol. The second kappa shape index (κ2) is 4.05. The summed E-state index contributed by atoms with van der Waals surface area (Å²) >= 11 is 3.39. The number of halogens is 1. The zero-order chi connectivity index (χ0) is 9.14. The van der Waals surface area contributed by atoms with Crippen molar-refractivity contribution in [2.45, 2.75) is 4.90 Å². The van der Waals surface area contributed by atoms with Crippen molar-refractivity contribution < 1.29 is 4.74 Å². The summed E-state index contributed by atoms with van der Waals surface area (Å²) in [6.07, 6.45) is 1.86. The molecule has 0 aliphatic rings. The third kappa shape index (κ3) is 2.08. The molecular weight excluding hydrogens is 238 g/mol. The first kappa shape index (κ1) is 9.74. The molecule has 4 heteroatoms. The Balaban J connectivity index is 3.17. The van der Waals surface area contributed by atoms with Crippen LogP contribution < -0.4 is 4.74 Å². The molecule has 1 N–H and O–H groups in total. The summed E-state index contributed by atoms with van der Waals surface area (Å²) in [6.45, 7) is 0. The molecule has 0 amide bonds. The first-order valence-electron chi connectivity index (χ1n) is 3.36. The molecule has 0 saturated carbocycles. The van der Waals surface area contributed by atoms with Gasteiger partial charge in [-0.05, 0) is 40.4 Å². The van der Waals surface area contributed by atoms with Crippen LogP contribution >= 0.6 is 15.9 Å². The fourth-order valence-electron chi connectivity index (χ4n) is 0.845. The highest BCUT2D eigenvalue weighted by Crippen LogP contribution is 2.24. The normalized spacial score (nSPS) is 12.6. The standard InChI is InChI=1S/C8H10BrNOS/c1-11-6-3-4-7(9)8(5-6)12(2)10/h3-5,10H,1-2H3. The van der Waals surface area contributed by atoms with Gasteiger partial charge in [0, 0.05) is 9.37 Å². The number of benzene rings is 1. The van der Waals surface area contributed by atoms with Crippen LogP contribution in [0.4, 0.5) is 0 Å². The van der Waals surface area contributed by atoms with Gasteiger partial charge in [0.15, 0.2) is 0 Å². The van der Waals surface area contributed by atoms with Gasteiger partial charge in [0.25, 0.3) is 0 Å². The van der Waals surface area contributed by atoms with Gasteiger partial charge in [-0.1, -0.05) is 10.7 Å². The summed E-state index contributed by atoms with van der Waals surface area (Å²) in [5.74, 6) is 0.805. The van der Waals surface area contributed by atoms with Gasteiger partial charge in [-0.3, -0.25) is 4.78 Å². The quantitative estimate of drug-likeness (QED) is 0.857.